The lowest BCUT2D eigenvalue weighted by atomic mass is 10.1. The summed E-state index contributed by atoms with van der Waals surface area (Å²) >= 11 is 0. The van der Waals surface area contributed by atoms with Gasteiger partial charge in [0.1, 0.15) is 5.82 Å². The van der Waals surface area contributed by atoms with Crippen LogP contribution in [0.3, 0.4) is 0 Å². The number of carbonyl (C=O) groups is 2. The Balaban J connectivity index is 1.69. The third kappa shape index (κ3) is 6.26. The Kier molecular flexibility index (Phi) is 7.93. The van der Waals surface area contributed by atoms with Gasteiger partial charge in [-0.2, -0.15) is 0 Å². The van der Waals surface area contributed by atoms with E-state index in [1.807, 2.05) is 6.92 Å². The molecule has 1 saturated heterocycles. The SMILES string of the molecule is CC(=O)Nc1ccc(S(=O)(=O)Cc2cc(N3CCOC[C@@H]3C)nc(-c3ccc(N(C)C(N)=O)cc3)n2)cc1. The van der Waals surface area contributed by atoms with Crippen molar-refractivity contribution in [3.8, 4) is 11.4 Å². The number of amides is 3. The van der Waals surface area contributed by atoms with Crippen molar-refractivity contribution >= 4 is 39.0 Å². The average molecular weight is 539 g/mol. The van der Waals surface area contributed by atoms with Gasteiger partial charge in [-0.05, 0) is 55.5 Å². The van der Waals surface area contributed by atoms with Gasteiger partial charge in [-0.1, -0.05) is 0 Å². The van der Waals surface area contributed by atoms with Crippen molar-refractivity contribution in [3.05, 3.63) is 60.3 Å². The molecule has 1 aliphatic heterocycles. The smallest absolute Gasteiger partial charge is 0.318 e. The molecule has 3 N–H and O–H groups in total. The summed E-state index contributed by atoms with van der Waals surface area (Å²) in [5.41, 5.74) is 7.47. The molecule has 38 heavy (non-hydrogen) atoms. The summed E-state index contributed by atoms with van der Waals surface area (Å²) in [7, 11) is -2.18. The standard InChI is InChI=1S/C26H30N6O5S/c1-17-15-37-13-12-32(17)24-14-21(16-38(35,36)23-10-6-20(7-11-23)28-18(2)33)29-25(30-24)19-4-8-22(9-5-19)31(3)26(27)34/h4-11,14,17H,12-13,15-16H2,1-3H3,(H2,27,34)(H,28,33)/t17-/m0/s1. The summed E-state index contributed by atoms with van der Waals surface area (Å²) in [5.74, 6) is 0.389. The molecule has 12 heteroatoms. The number of nitrogens with one attached hydrogen (secondary N) is 1. The van der Waals surface area contributed by atoms with Crippen LogP contribution in [0.25, 0.3) is 11.4 Å². The first-order valence-corrected chi connectivity index (χ1v) is 13.6. The lowest BCUT2D eigenvalue weighted by molar-refractivity contribution is -0.114. The number of rotatable bonds is 7. The van der Waals surface area contributed by atoms with Crippen molar-refractivity contribution in [3.63, 3.8) is 0 Å². The van der Waals surface area contributed by atoms with Crippen molar-refractivity contribution in [1.82, 2.24) is 9.97 Å². The number of nitrogens with zero attached hydrogens (tertiary/aromatic N) is 4. The maximum Gasteiger partial charge on any atom is 0.318 e. The first-order chi connectivity index (χ1) is 18.0. The number of carbonyl (C=O) groups excluding carboxylic acids is 2. The fourth-order valence-electron chi connectivity index (χ4n) is 4.09. The monoisotopic (exact) mass is 538 g/mol. The van der Waals surface area contributed by atoms with E-state index in [2.05, 4.69) is 15.2 Å². The predicted octanol–water partition coefficient (Wildman–Crippen LogP) is 2.82. The molecule has 0 bridgehead atoms. The van der Waals surface area contributed by atoms with Gasteiger partial charge in [0, 0.05) is 43.5 Å². The molecule has 1 atom stereocenters. The first kappa shape index (κ1) is 27.0. The molecule has 3 aromatic rings. The zero-order valence-electron chi connectivity index (χ0n) is 21.4. The quantitative estimate of drug-likeness (QED) is 0.467. The van der Waals surface area contributed by atoms with E-state index < -0.39 is 15.9 Å². The second-order valence-corrected chi connectivity index (χ2v) is 11.1. The largest absolute Gasteiger partial charge is 0.377 e. The van der Waals surface area contributed by atoms with Crippen LogP contribution < -0.4 is 20.9 Å². The minimum absolute atomic E-state index is 0.0452. The van der Waals surface area contributed by atoms with Crippen molar-refractivity contribution in [1.29, 1.82) is 0 Å². The normalized spacial score (nSPS) is 15.7. The highest BCUT2D eigenvalue weighted by Gasteiger charge is 2.24. The van der Waals surface area contributed by atoms with E-state index in [0.29, 0.717) is 54.0 Å². The van der Waals surface area contributed by atoms with E-state index in [1.54, 1.807) is 49.5 Å². The summed E-state index contributed by atoms with van der Waals surface area (Å²) in [6.45, 7) is 5.07. The summed E-state index contributed by atoms with van der Waals surface area (Å²) in [6, 6.07) is 14.1. The van der Waals surface area contributed by atoms with E-state index in [4.69, 9.17) is 15.5 Å². The minimum atomic E-state index is -3.75. The Labute approximate surface area is 221 Å². The highest BCUT2D eigenvalue weighted by molar-refractivity contribution is 7.90. The van der Waals surface area contributed by atoms with Gasteiger partial charge < -0.3 is 20.7 Å². The number of hydrogen-bond donors (Lipinski definition) is 2. The number of anilines is 3. The van der Waals surface area contributed by atoms with E-state index in [-0.39, 0.29) is 22.6 Å². The number of aromatic nitrogens is 2. The number of nitrogens with two attached hydrogens (primary N) is 1. The minimum Gasteiger partial charge on any atom is -0.377 e. The molecule has 2 heterocycles. The summed E-state index contributed by atoms with van der Waals surface area (Å²) < 4.78 is 32.1. The second kappa shape index (κ2) is 11.2. The molecule has 3 amide bonds. The zero-order valence-corrected chi connectivity index (χ0v) is 22.2. The number of primary amides is 1. The zero-order chi connectivity index (χ0) is 27.4. The van der Waals surface area contributed by atoms with Gasteiger partial charge in [-0.15, -0.1) is 0 Å². The summed E-state index contributed by atoms with van der Waals surface area (Å²) in [6.07, 6.45) is 0. The van der Waals surface area contributed by atoms with E-state index in [1.165, 1.54) is 24.0 Å². The molecular formula is C26H30N6O5S. The molecule has 0 saturated carbocycles. The lowest BCUT2D eigenvalue weighted by Gasteiger charge is -2.34. The molecule has 11 nitrogen and oxygen atoms in total. The Morgan fingerprint density at radius 2 is 1.82 bits per heavy atom. The molecular weight excluding hydrogens is 508 g/mol. The van der Waals surface area contributed by atoms with E-state index in [9.17, 15) is 18.0 Å². The van der Waals surface area contributed by atoms with Gasteiger partial charge in [0.15, 0.2) is 15.7 Å². The molecule has 1 aromatic heterocycles. The van der Waals surface area contributed by atoms with Gasteiger partial charge in [0.05, 0.1) is 35.6 Å². The van der Waals surface area contributed by atoms with E-state index >= 15 is 0 Å². The fourth-order valence-corrected chi connectivity index (χ4v) is 5.34. The average Bonchev–Trinajstić information content (AvgIpc) is 2.88. The van der Waals surface area contributed by atoms with Gasteiger partial charge in [0.2, 0.25) is 5.91 Å². The van der Waals surface area contributed by atoms with Gasteiger partial charge in [0.25, 0.3) is 0 Å². The van der Waals surface area contributed by atoms with Crippen LogP contribution >= 0.6 is 0 Å². The summed E-state index contributed by atoms with van der Waals surface area (Å²) in [5, 5.41) is 2.62. The van der Waals surface area contributed by atoms with Crippen LogP contribution in [0.2, 0.25) is 0 Å². The van der Waals surface area contributed by atoms with Crippen LogP contribution in [-0.2, 0) is 25.1 Å². The number of benzene rings is 2. The highest BCUT2D eigenvalue weighted by Crippen LogP contribution is 2.27. The Hall–Kier alpha value is -4.03. The number of hydrogen-bond acceptors (Lipinski definition) is 8. The molecule has 200 valence electrons. The second-order valence-electron chi connectivity index (χ2n) is 9.07. The number of urea groups is 1. The van der Waals surface area contributed by atoms with Crippen LogP contribution in [0.1, 0.15) is 19.5 Å². The predicted molar refractivity (Wildman–Crippen MR) is 145 cm³/mol. The van der Waals surface area contributed by atoms with Crippen molar-refractivity contribution in [2.75, 3.05) is 41.9 Å². The van der Waals surface area contributed by atoms with Gasteiger partial charge in [-0.25, -0.2) is 23.2 Å². The number of ether oxygens (including phenoxy) is 1. The molecule has 0 radical (unpaired) electrons. The molecule has 2 aromatic carbocycles. The van der Waals surface area contributed by atoms with E-state index in [0.717, 1.165) is 0 Å². The molecule has 0 aliphatic carbocycles. The van der Waals surface area contributed by atoms with Gasteiger partial charge in [-0.3, -0.25) is 9.69 Å². The molecule has 0 unspecified atom stereocenters. The Morgan fingerprint density at radius 1 is 1.13 bits per heavy atom. The topological polar surface area (TPSA) is 148 Å². The molecule has 4 rings (SSSR count). The number of morpholine rings is 1. The van der Waals surface area contributed by atoms with Gasteiger partial charge >= 0.3 is 6.03 Å². The maximum atomic E-state index is 13.3. The fraction of sp³-hybridized carbons (Fsp3) is 0.308. The van der Waals surface area contributed by atoms with Crippen LogP contribution in [0.4, 0.5) is 22.0 Å². The van der Waals surface area contributed by atoms with Crippen LogP contribution in [0, 0.1) is 0 Å². The number of sulfone groups is 1. The lowest BCUT2D eigenvalue weighted by Crippen LogP contribution is -2.44. The third-order valence-corrected chi connectivity index (χ3v) is 7.81. The Bertz CT molecular complexity index is 1430. The maximum absolute atomic E-state index is 13.3. The molecule has 0 spiro atoms. The third-order valence-electron chi connectivity index (χ3n) is 6.14. The summed E-state index contributed by atoms with van der Waals surface area (Å²) in [4.78, 5) is 35.6. The van der Waals surface area contributed by atoms with Crippen molar-refractivity contribution in [2.24, 2.45) is 5.73 Å². The van der Waals surface area contributed by atoms with Crippen LogP contribution in [-0.4, -0.2) is 63.2 Å². The van der Waals surface area contributed by atoms with Crippen LogP contribution in [0.15, 0.2) is 59.5 Å². The first-order valence-electron chi connectivity index (χ1n) is 12.0. The highest BCUT2D eigenvalue weighted by atomic mass is 32.2. The van der Waals surface area contributed by atoms with Crippen molar-refractivity contribution in [2.45, 2.75) is 30.5 Å². The molecule has 1 aliphatic rings. The van der Waals surface area contributed by atoms with Crippen molar-refractivity contribution < 1.29 is 22.7 Å². The van der Waals surface area contributed by atoms with Crippen LogP contribution in [0.5, 0.6) is 0 Å². The molecule has 1 fully saturated rings. The Morgan fingerprint density at radius 3 is 2.42 bits per heavy atom.